The molecule has 7 nitrogen and oxygen atoms in total. The van der Waals surface area contributed by atoms with Gasteiger partial charge in [0.2, 0.25) is 10.1 Å². The van der Waals surface area contributed by atoms with Gasteiger partial charge in [0.05, 0.1) is 14.2 Å². The number of anilines is 1. The zero-order chi connectivity index (χ0) is 17.1. The molecule has 0 N–H and O–H groups in total. The first-order valence-electron chi connectivity index (χ1n) is 7.47. The fourth-order valence-corrected chi connectivity index (χ4v) is 3.31. The highest BCUT2D eigenvalue weighted by molar-refractivity contribution is 7.20. The first kappa shape index (κ1) is 16.3. The maximum Gasteiger partial charge on any atom is 0.275 e. The number of aromatic nitrogens is 3. The summed E-state index contributed by atoms with van der Waals surface area (Å²) in [6, 6.07) is 7.22. The molecule has 0 saturated carbocycles. The Hall–Kier alpha value is -2.61. The molecule has 3 rings (SSSR count). The zero-order valence-electron chi connectivity index (χ0n) is 13.7. The number of nitrogens with zero attached hydrogens (tertiary/aromatic N) is 4. The van der Waals surface area contributed by atoms with Gasteiger partial charge in [-0.25, -0.2) is 4.98 Å². The van der Waals surface area contributed by atoms with E-state index in [-0.39, 0.29) is 5.56 Å². The van der Waals surface area contributed by atoms with Crippen LogP contribution in [0.15, 0.2) is 35.3 Å². The lowest BCUT2D eigenvalue weighted by Gasteiger charge is -2.20. The molecule has 0 atom stereocenters. The summed E-state index contributed by atoms with van der Waals surface area (Å²) in [4.78, 5) is 18.7. The number of methoxy groups -OCH3 is 2. The number of rotatable bonds is 6. The molecule has 0 fully saturated rings. The molecule has 2 heterocycles. The average Bonchev–Trinajstić information content (AvgIpc) is 3.04. The van der Waals surface area contributed by atoms with Crippen LogP contribution >= 0.6 is 11.3 Å². The van der Waals surface area contributed by atoms with Crippen LogP contribution in [0, 0.1) is 0 Å². The highest BCUT2D eigenvalue weighted by atomic mass is 32.1. The van der Waals surface area contributed by atoms with E-state index in [1.165, 1.54) is 28.1 Å². The summed E-state index contributed by atoms with van der Waals surface area (Å²) in [6.45, 7) is 3.44. The Balaban J connectivity index is 1.91. The Morgan fingerprint density at radius 2 is 2.00 bits per heavy atom. The van der Waals surface area contributed by atoms with Crippen LogP contribution in [0.4, 0.5) is 5.13 Å². The summed E-state index contributed by atoms with van der Waals surface area (Å²) < 4.78 is 11.9. The Bertz CT molecular complexity index is 906. The van der Waals surface area contributed by atoms with E-state index in [9.17, 15) is 4.79 Å². The van der Waals surface area contributed by atoms with Crippen LogP contribution in [0.5, 0.6) is 11.5 Å². The molecular weight excluding hydrogens is 328 g/mol. The van der Waals surface area contributed by atoms with E-state index in [2.05, 4.69) is 15.0 Å². The number of hydrogen-bond acceptors (Lipinski definition) is 7. The Kier molecular flexibility index (Phi) is 4.66. The largest absolute Gasteiger partial charge is 0.493 e. The number of fused-ring (bicyclic) bond motifs is 1. The van der Waals surface area contributed by atoms with Crippen molar-refractivity contribution in [1.29, 1.82) is 0 Å². The molecule has 0 unspecified atom stereocenters. The molecule has 0 spiro atoms. The lowest BCUT2D eigenvalue weighted by Crippen LogP contribution is -2.22. The molecular formula is C16H18N4O3S. The first-order valence-corrected chi connectivity index (χ1v) is 8.28. The molecule has 8 heteroatoms. The van der Waals surface area contributed by atoms with Gasteiger partial charge in [-0.15, -0.1) is 5.10 Å². The molecule has 126 valence electrons. The van der Waals surface area contributed by atoms with Gasteiger partial charge >= 0.3 is 0 Å². The topological polar surface area (TPSA) is 69.0 Å². The van der Waals surface area contributed by atoms with Crippen molar-refractivity contribution < 1.29 is 9.47 Å². The monoisotopic (exact) mass is 346 g/mol. The molecule has 0 saturated heterocycles. The summed E-state index contributed by atoms with van der Waals surface area (Å²) in [5, 5.41) is 5.14. The number of hydrogen-bond donors (Lipinski definition) is 0. The SMILES string of the molecule is CCN(Cc1ccc(OC)c(OC)c1)c1nn2c(=O)ccnc2s1. The average molecular weight is 346 g/mol. The van der Waals surface area contributed by atoms with Crippen LogP contribution in [-0.4, -0.2) is 35.4 Å². The van der Waals surface area contributed by atoms with E-state index >= 15 is 0 Å². The highest BCUT2D eigenvalue weighted by Crippen LogP contribution is 2.29. The van der Waals surface area contributed by atoms with Crippen LogP contribution in [0.2, 0.25) is 0 Å². The van der Waals surface area contributed by atoms with Gasteiger partial charge in [0.1, 0.15) is 0 Å². The molecule has 3 aromatic rings. The van der Waals surface area contributed by atoms with E-state index < -0.39 is 0 Å². The minimum absolute atomic E-state index is 0.176. The fraction of sp³-hybridized carbons (Fsp3) is 0.312. The molecule has 0 bridgehead atoms. The zero-order valence-corrected chi connectivity index (χ0v) is 14.5. The molecule has 0 aliphatic carbocycles. The highest BCUT2D eigenvalue weighted by Gasteiger charge is 2.14. The van der Waals surface area contributed by atoms with Crippen molar-refractivity contribution in [2.75, 3.05) is 25.7 Å². The van der Waals surface area contributed by atoms with E-state index in [0.29, 0.717) is 23.0 Å². The third-order valence-electron chi connectivity index (χ3n) is 3.63. The van der Waals surface area contributed by atoms with E-state index in [1.54, 1.807) is 14.2 Å². The number of ether oxygens (including phenoxy) is 2. The van der Waals surface area contributed by atoms with Gasteiger partial charge in [0, 0.05) is 25.4 Å². The van der Waals surface area contributed by atoms with Gasteiger partial charge in [-0.05, 0) is 24.6 Å². The summed E-state index contributed by atoms with van der Waals surface area (Å²) in [6.07, 6.45) is 1.50. The van der Waals surface area contributed by atoms with Crippen LogP contribution < -0.4 is 19.9 Å². The number of benzene rings is 1. The molecule has 0 aliphatic heterocycles. The third kappa shape index (κ3) is 3.05. The maximum absolute atomic E-state index is 11.8. The summed E-state index contributed by atoms with van der Waals surface area (Å²) in [5.41, 5.74) is 0.888. The second-order valence-electron chi connectivity index (χ2n) is 5.07. The molecule has 1 aromatic carbocycles. The van der Waals surface area contributed by atoms with Crippen LogP contribution in [-0.2, 0) is 6.54 Å². The van der Waals surface area contributed by atoms with E-state index in [1.807, 2.05) is 25.1 Å². The minimum Gasteiger partial charge on any atom is -0.493 e. The predicted octanol–water partition coefficient (Wildman–Crippen LogP) is 2.19. The fourth-order valence-electron chi connectivity index (χ4n) is 2.38. The normalized spacial score (nSPS) is 10.8. The summed E-state index contributed by atoms with van der Waals surface area (Å²) >= 11 is 1.39. The Morgan fingerprint density at radius 3 is 2.67 bits per heavy atom. The molecule has 0 radical (unpaired) electrons. The standard InChI is InChI=1S/C16H18N4O3S/c1-4-19(10-11-5-6-12(22-2)13(9-11)23-3)16-18-20-14(21)7-8-17-15(20)24-16/h5-9H,4,10H2,1-3H3. The second kappa shape index (κ2) is 6.88. The summed E-state index contributed by atoms with van der Waals surface area (Å²) in [7, 11) is 3.23. The van der Waals surface area contributed by atoms with E-state index in [4.69, 9.17) is 9.47 Å². The van der Waals surface area contributed by atoms with Crippen molar-refractivity contribution in [3.8, 4) is 11.5 Å². The maximum atomic E-state index is 11.8. The smallest absolute Gasteiger partial charge is 0.275 e. The third-order valence-corrected chi connectivity index (χ3v) is 4.62. The van der Waals surface area contributed by atoms with Gasteiger partial charge in [0.25, 0.3) is 5.56 Å². The van der Waals surface area contributed by atoms with Crippen LogP contribution in [0.3, 0.4) is 0 Å². The van der Waals surface area contributed by atoms with Gasteiger partial charge in [-0.1, -0.05) is 17.4 Å². The molecule has 0 amide bonds. The van der Waals surface area contributed by atoms with Crippen molar-refractivity contribution in [1.82, 2.24) is 14.6 Å². The minimum atomic E-state index is -0.176. The first-order chi connectivity index (χ1) is 11.7. The molecule has 24 heavy (non-hydrogen) atoms. The van der Waals surface area contributed by atoms with Crippen molar-refractivity contribution in [2.24, 2.45) is 0 Å². The Labute approximate surface area is 143 Å². The van der Waals surface area contributed by atoms with Gasteiger partial charge in [-0.2, -0.15) is 4.52 Å². The van der Waals surface area contributed by atoms with Gasteiger partial charge in [-0.3, -0.25) is 4.79 Å². The predicted molar refractivity (Wildman–Crippen MR) is 93.4 cm³/mol. The van der Waals surface area contributed by atoms with Crippen LogP contribution in [0.25, 0.3) is 4.96 Å². The second-order valence-corrected chi connectivity index (χ2v) is 6.00. The van der Waals surface area contributed by atoms with Crippen molar-refractivity contribution >= 4 is 21.4 Å². The van der Waals surface area contributed by atoms with Crippen molar-refractivity contribution in [3.63, 3.8) is 0 Å². The quantitative estimate of drug-likeness (QED) is 0.681. The lowest BCUT2D eigenvalue weighted by atomic mass is 10.2. The Morgan fingerprint density at radius 1 is 1.21 bits per heavy atom. The van der Waals surface area contributed by atoms with Crippen molar-refractivity contribution in [3.05, 3.63) is 46.4 Å². The van der Waals surface area contributed by atoms with Crippen molar-refractivity contribution in [2.45, 2.75) is 13.5 Å². The van der Waals surface area contributed by atoms with Gasteiger partial charge in [0.15, 0.2) is 11.5 Å². The van der Waals surface area contributed by atoms with Crippen LogP contribution in [0.1, 0.15) is 12.5 Å². The molecule has 0 aliphatic rings. The lowest BCUT2D eigenvalue weighted by molar-refractivity contribution is 0.354. The van der Waals surface area contributed by atoms with E-state index in [0.717, 1.165) is 17.2 Å². The summed E-state index contributed by atoms with van der Waals surface area (Å²) in [5.74, 6) is 1.38. The van der Waals surface area contributed by atoms with Gasteiger partial charge < -0.3 is 14.4 Å². The molecule has 2 aromatic heterocycles.